The number of hydrogen-bond donors (Lipinski definition) is 3. The number of hydrogen-bond acceptors (Lipinski definition) is 3. The van der Waals surface area contributed by atoms with Crippen LogP contribution in [0.25, 0.3) is 0 Å². The number of rotatable bonds is 3. The molecule has 0 amide bonds. The van der Waals surface area contributed by atoms with E-state index in [2.05, 4.69) is 5.48 Å². The maximum atomic E-state index is 8.31. The molecule has 0 fully saturated rings. The van der Waals surface area contributed by atoms with Gasteiger partial charge in [0.25, 0.3) is 0 Å². The molecular formula is C8H12N2O. The van der Waals surface area contributed by atoms with Crippen LogP contribution in [-0.2, 0) is 6.42 Å². The van der Waals surface area contributed by atoms with Gasteiger partial charge in [-0.15, -0.1) is 0 Å². The van der Waals surface area contributed by atoms with Crippen LogP contribution in [0.5, 0.6) is 0 Å². The minimum Gasteiger partial charge on any atom is -0.399 e. The zero-order valence-corrected chi connectivity index (χ0v) is 6.25. The third-order valence-electron chi connectivity index (χ3n) is 1.51. The molecule has 0 bridgehead atoms. The summed E-state index contributed by atoms with van der Waals surface area (Å²) in [6, 6.07) is 7.61. The highest BCUT2D eigenvalue weighted by molar-refractivity contribution is 5.39. The molecule has 60 valence electrons. The largest absolute Gasteiger partial charge is 0.399 e. The topological polar surface area (TPSA) is 58.3 Å². The molecule has 0 saturated heterocycles. The number of nitrogen functional groups attached to an aromatic ring is 1. The van der Waals surface area contributed by atoms with Crippen molar-refractivity contribution in [1.29, 1.82) is 0 Å². The molecule has 1 aromatic carbocycles. The normalized spacial score (nSPS) is 9.91. The Balaban J connectivity index is 2.52. The summed E-state index contributed by atoms with van der Waals surface area (Å²) in [6.07, 6.45) is 0.816. The van der Waals surface area contributed by atoms with Crippen LogP contribution < -0.4 is 11.2 Å². The lowest BCUT2D eigenvalue weighted by molar-refractivity contribution is 0.168. The van der Waals surface area contributed by atoms with Gasteiger partial charge in [0.15, 0.2) is 0 Å². The van der Waals surface area contributed by atoms with Gasteiger partial charge < -0.3 is 10.9 Å². The summed E-state index contributed by atoms with van der Waals surface area (Å²) in [6.45, 7) is 0.573. The summed E-state index contributed by atoms with van der Waals surface area (Å²) in [7, 11) is 0. The average molecular weight is 152 g/mol. The second-order valence-electron chi connectivity index (χ2n) is 2.40. The number of nitrogens with one attached hydrogen (secondary N) is 1. The van der Waals surface area contributed by atoms with Crippen molar-refractivity contribution < 1.29 is 5.21 Å². The molecule has 0 atom stereocenters. The quantitative estimate of drug-likeness (QED) is 0.443. The molecule has 4 N–H and O–H groups in total. The van der Waals surface area contributed by atoms with Crippen LogP contribution >= 0.6 is 0 Å². The lowest BCUT2D eigenvalue weighted by Gasteiger charge is -1.99. The molecule has 0 aromatic heterocycles. The van der Waals surface area contributed by atoms with Gasteiger partial charge in [0, 0.05) is 12.2 Å². The van der Waals surface area contributed by atoms with Gasteiger partial charge in [0.2, 0.25) is 0 Å². The van der Waals surface area contributed by atoms with Crippen LogP contribution in [0.2, 0.25) is 0 Å². The first-order chi connectivity index (χ1) is 5.33. The first-order valence-corrected chi connectivity index (χ1v) is 3.54. The van der Waals surface area contributed by atoms with E-state index in [0.29, 0.717) is 6.54 Å². The molecule has 3 heteroatoms. The van der Waals surface area contributed by atoms with Crippen molar-refractivity contribution in [2.45, 2.75) is 6.42 Å². The van der Waals surface area contributed by atoms with Crippen LogP contribution in [0.15, 0.2) is 24.3 Å². The first-order valence-electron chi connectivity index (χ1n) is 3.54. The summed E-state index contributed by atoms with van der Waals surface area (Å²) >= 11 is 0. The summed E-state index contributed by atoms with van der Waals surface area (Å²) in [5.41, 5.74) is 9.53. The zero-order chi connectivity index (χ0) is 8.10. The van der Waals surface area contributed by atoms with Crippen LogP contribution in [-0.4, -0.2) is 11.8 Å². The Hall–Kier alpha value is -1.06. The zero-order valence-electron chi connectivity index (χ0n) is 6.25. The van der Waals surface area contributed by atoms with E-state index in [1.54, 1.807) is 0 Å². The van der Waals surface area contributed by atoms with Gasteiger partial charge in [-0.2, -0.15) is 0 Å². The van der Waals surface area contributed by atoms with Gasteiger partial charge in [0.1, 0.15) is 0 Å². The maximum absolute atomic E-state index is 8.31. The second kappa shape index (κ2) is 3.95. The first kappa shape index (κ1) is 8.04. The maximum Gasteiger partial charge on any atom is 0.0314 e. The van der Waals surface area contributed by atoms with Gasteiger partial charge in [-0.25, -0.2) is 5.48 Å². The molecule has 0 aliphatic heterocycles. The van der Waals surface area contributed by atoms with Crippen molar-refractivity contribution in [3.05, 3.63) is 29.8 Å². The molecule has 11 heavy (non-hydrogen) atoms. The van der Waals surface area contributed by atoms with Crippen molar-refractivity contribution in [2.75, 3.05) is 12.3 Å². The van der Waals surface area contributed by atoms with Gasteiger partial charge in [-0.3, -0.25) is 0 Å². The van der Waals surface area contributed by atoms with Gasteiger partial charge in [0.05, 0.1) is 0 Å². The highest BCUT2D eigenvalue weighted by Gasteiger charge is 1.90. The molecule has 3 nitrogen and oxygen atoms in total. The standard InChI is InChI=1S/C8H12N2O/c9-8-3-1-7(2-4-8)5-6-10-11/h1-4,10-11H,5-6,9H2. The molecule has 0 aliphatic carbocycles. The van der Waals surface area contributed by atoms with Crippen molar-refractivity contribution in [3.8, 4) is 0 Å². The summed E-state index contributed by atoms with van der Waals surface area (Å²) in [5.74, 6) is 0. The summed E-state index contributed by atoms with van der Waals surface area (Å²) in [4.78, 5) is 0. The highest BCUT2D eigenvalue weighted by atomic mass is 16.5. The van der Waals surface area contributed by atoms with Gasteiger partial charge in [-0.1, -0.05) is 12.1 Å². The molecule has 0 aliphatic rings. The Morgan fingerprint density at radius 1 is 1.27 bits per heavy atom. The van der Waals surface area contributed by atoms with Gasteiger partial charge >= 0.3 is 0 Å². The molecule has 0 saturated carbocycles. The predicted octanol–water partition coefficient (Wildman–Crippen LogP) is 0.790. The van der Waals surface area contributed by atoms with E-state index in [9.17, 15) is 0 Å². The third-order valence-corrected chi connectivity index (χ3v) is 1.51. The minimum atomic E-state index is 0.573. The Morgan fingerprint density at radius 2 is 1.91 bits per heavy atom. The van der Waals surface area contributed by atoms with E-state index in [0.717, 1.165) is 12.1 Å². The van der Waals surface area contributed by atoms with Crippen LogP contribution in [0.3, 0.4) is 0 Å². The Bertz CT molecular complexity index is 208. The monoisotopic (exact) mass is 152 g/mol. The Morgan fingerprint density at radius 3 is 2.45 bits per heavy atom. The predicted molar refractivity (Wildman–Crippen MR) is 44.3 cm³/mol. The van der Waals surface area contributed by atoms with Gasteiger partial charge in [-0.05, 0) is 24.1 Å². The summed E-state index contributed by atoms with van der Waals surface area (Å²) in [5, 5.41) is 8.31. The molecule has 1 rings (SSSR count). The number of anilines is 1. The second-order valence-corrected chi connectivity index (χ2v) is 2.40. The van der Waals surface area contributed by atoms with Crippen molar-refractivity contribution in [2.24, 2.45) is 0 Å². The average Bonchev–Trinajstić information content (AvgIpc) is 2.04. The Labute approximate surface area is 65.8 Å². The van der Waals surface area contributed by atoms with Crippen molar-refractivity contribution in [1.82, 2.24) is 5.48 Å². The highest BCUT2D eigenvalue weighted by Crippen LogP contribution is 2.04. The van der Waals surface area contributed by atoms with E-state index in [-0.39, 0.29) is 0 Å². The van der Waals surface area contributed by atoms with E-state index in [4.69, 9.17) is 10.9 Å². The lowest BCUT2D eigenvalue weighted by atomic mass is 10.1. The third kappa shape index (κ3) is 2.57. The van der Waals surface area contributed by atoms with Crippen LogP contribution in [0, 0.1) is 0 Å². The number of hydroxylamine groups is 1. The summed E-state index contributed by atoms with van der Waals surface area (Å²) < 4.78 is 0. The smallest absolute Gasteiger partial charge is 0.0314 e. The molecule has 0 unspecified atom stereocenters. The van der Waals surface area contributed by atoms with Crippen LogP contribution in [0.4, 0.5) is 5.69 Å². The molecule has 0 heterocycles. The fourth-order valence-electron chi connectivity index (χ4n) is 0.885. The minimum absolute atomic E-state index is 0.573. The fraction of sp³-hybridized carbons (Fsp3) is 0.250. The van der Waals surface area contributed by atoms with E-state index >= 15 is 0 Å². The molecular weight excluding hydrogens is 140 g/mol. The number of benzene rings is 1. The molecule has 0 radical (unpaired) electrons. The van der Waals surface area contributed by atoms with Crippen molar-refractivity contribution >= 4 is 5.69 Å². The lowest BCUT2D eigenvalue weighted by Crippen LogP contribution is -2.11. The fourth-order valence-corrected chi connectivity index (χ4v) is 0.885. The molecule has 0 spiro atoms. The molecule has 1 aromatic rings. The van der Waals surface area contributed by atoms with E-state index < -0.39 is 0 Å². The van der Waals surface area contributed by atoms with Crippen LogP contribution in [0.1, 0.15) is 5.56 Å². The van der Waals surface area contributed by atoms with E-state index in [1.807, 2.05) is 24.3 Å². The number of nitrogens with two attached hydrogens (primary N) is 1. The van der Waals surface area contributed by atoms with Crippen molar-refractivity contribution in [3.63, 3.8) is 0 Å². The SMILES string of the molecule is Nc1ccc(CCNO)cc1. The van der Waals surface area contributed by atoms with E-state index in [1.165, 1.54) is 5.56 Å². The Kier molecular flexibility index (Phi) is 2.89.